The normalized spacial score (nSPS) is 23.9. The molecule has 0 saturated carbocycles. The predicted molar refractivity (Wildman–Crippen MR) is 75.5 cm³/mol. The number of nitriles is 1. The molecule has 1 aliphatic heterocycles. The highest BCUT2D eigenvalue weighted by Gasteiger charge is 2.41. The molecule has 1 heterocycles. The lowest BCUT2D eigenvalue weighted by Gasteiger charge is -2.18. The summed E-state index contributed by atoms with van der Waals surface area (Å²) in [6, 6.07) is 1.78. The van der Waals surface area contributed by atoms with E-state index in [1.54, 1.807) is 19.9 Å². The van der Waals surface area contributed by atoms with Crippen LogP contribution in [-0.4, -0.2) is 40.9 Å². The minimum Gasteiger partial charge on any atom is -0.466 e. The van der Waals surface area contributed by atoms with Crippen molar-refractivity contribution in [2.45, 2.75) is 25.2 Å². The molecule has 1 saturated heterocycles. The Kier molecular flexibility index (Phi) is 6.39. The number of esters is 2. The van der Waals surface area contributed by atoms with Crippen molar-refractivity contribution < 1.29 is 24.2 Å². The summed E-state index contributed by atoms with van der Waals surface area (Å²) in [5.74, 6) is -1.03. The number of nitrogens with zero attached hydrogens (tertiary/aromatic N) is 1. The van der Waals surface area contributed by atoms with E-state index in [1.807, 2.05) is 0 Å². The third-order valence-corrected chi connectivity index (χ3v) is 5.17. The van der Waals surface area contributed by atoms with Gasteiger partial charge in [0.15, 0.2) is 5.57 Å². The summed E-state index contributed by atoms with van der Waals surface area (Å²) in [5, 5.41) is 19.3. The molecule has 0 bridgehead atoms. The van der Waals surface area contributed by atoms with E-state index in [0.29, 0.717) is 4.24 Å². The zero-order chi connectivity index (χ0) is 15.2. The van der Waals surface area contributed by atoms with E-state index < -0.39 is 16.9 Å². The second-order valence-corrected chi connectivity index (χ2v) is 6.43. The fourth-order valence-electron chi connectivity index (χ4n) is 1.44. The molecule has 1 N–H and O–H groups in total. The molecular formula is C12H15NO5S2. The summed E-state index contributed by atoms with van der Waals surface area (Å²) in [7, 11) is 0. The zero-order valence-electron chi connectivity index (χ0n) is 11.2. The van der Waals surface area contributed by atoms with Gasteiger partial charge in [-0.3, -0.25) is 4.79 Å². The molecule has 0 aliphatic carbocycles. The van der Waals surface area contributed by atoms with Crippen LogP contribution in [0.2, 0.25) is 0 Å². The Morgan fingerprint density at radius 1 is 1.40 bits per heavy atom. The minimum atomic E-state index is -1.36. The van der Waals surface area contributed by atoms with Gasteiger partial charge in [-0.15, -0.1) is 11.8 Å². The second-order valence-electron chi connectivity index (χ2n) is 3.81. The van der Waals surface area contributed by atoms with Gasteiger partial charge in [-0.2, -0.15) is 5.26 Å². The first kappa shape index (κ1) is 16.9. The average molecular weight is 317 g/mol. The van der Waals surface area contributed by atoms with Gasteiger partial charge in [-0.05, 0) is 13.8 Å². The second kappa shape index (κ2) is 7.57. The maximum Gasteiger partial charge on any atom is 0.350 e. The van der Waals surface area contributed by atoms with E-state index in [2.05, 4.69) is 0 Å². The highest BCUT2D eigenvalue weighted by atomic mass is 32.2. The van der Waals surface area contributed by atoms with Crippen molar-refractivity contribution in [3.63, 3.8) is 0 Å². The largest absolute Gasteiger partial charge is 0.466 e. The van der Waals surface area contributed by atoms with Crippen LogP contribution in [0.3, 0.4) is 0 Å². The third kappa shape index (κ3) is 4.44. The van der Waals surface area contributed by atoms with Gasteiger partial charge in [0.25, 0.3) is 0 Å². The first-order chi connectivity index (χ1) is 9.45. The standard InChI is InChI=1S/C12H15NO5S2/c1-3-17-9(14)5-12(16)7-19-11(20-12)8(6-13)10(15)18-4-2/h16H,3-5,7H2,1-2H3/b11-8-. The SMILES string of the molecule is CCOC(=O)CC1(O)CS/C(=C(\C#N)C(=O)OCC)S1. The van der Waals surface area contributed by atoms with Crippen LogP contribution < -0.4 is 0 Å². The molecule has 1 unspecified atom stereocenters. The summed E-state index contributed by atoms with van der Waals surface area (Å²) >= 11 is 2.09. The van der Waals surface area contributed by atoms with Crippen LogP contribution in [0.15, 0.2) is 9.81 Å². The van der Waals surface area contributed by atoms with E-state index in [0.717, 1.165) is 23.5 Å². The highest BCUT2D eigenvalue weighted by Crippen LogP contribution is 2.50. The fourth-order valence-corrected chi connectivity index (χ4v) is 4.22. The number of hydrogen-bond donors (Lipinski definition) is 1. The Balaban J connectivity index is 2.81. The van der Waals surface area contributed by atoms with Crippen LogP contribution >= 0.6 is 23.5 Å². The van der Waals surface area contributed by atoms with E-state index >= 15 is 0 Å². The zero-order valence-corrected chi connectivity index (χ0v) is 12.8. The van der Waals surface area contributed by atoms with Crippen molar-refractivity contribution in [3.05, 3.63) is 9.81 Å². The molecule has 0 spiro atoms. The lowest BCUT2D eigenvalue weighted by atomic mass is 10.3. The molecule has 0 amide bonds. The van der Waals surface area contributed by atoms with Crippen LogP contribution in [0.1, 0.15) is 20.3 Å². The van der Waals surface area contributed by atoms with Crippen molar-refractivity contribution in [3.8, 4) is 6.07 Å². The van der Waals surface area contributed by atoms with Gasteiger partial charge in [0.2, 0.25) is 0 Å². The predicted octanol–water partition coefficient (Wildman–Crippen LogP) is 1.41. The Bertz CT molecular complexity index is 471. The van der Waals surface area contributed by atoms with Gasteiger partial charge in [0.05, 0.1) is 23.9 Å². The van der Waals surface area contributed by atoms with Gasteiger partial charge in [0.1, 0.15) is 11.0 Å². The van der Waals surface area contributed by atoms with Gasteiger partial charge in [0, 0.05) is 5.75 Å². The lowest BCUT2D eigenvalue weighted by molar-refractivity contribution is -0.145. The molecule has 0 radical (unpaired) electrons. The average Bonchev–Trinajstić information content (AvgIpc) is 2.72. The van der Waals surface area contributed by atoms with Crippen LogP contribution in [0, 0.1) is 11.3 Å². The fraction of sp³-hybridized carbons (Fsp3) is 0.583. The summed E-state index contributed by atoms with van der Waals surface area (Å²) < 4.78 is 9.93. The molecule has 110 valence electrons. The van der Waals surface area contributed by atoms with E-state index in [9.17, 15) is 14.7 Å². The summed E-state index contributed by atoms with van der Waals surface area (Å²) in [4.78, 5) is 21.6. The van der Waals surface area contributed by atoms with Crippen LogP contribution in [-0.2, 0) is 19.1 Å². The van der Waals surface area contributed by atoms with Gasteiger partial charge in [-0.25, -0.2) is 4.79 Å². The van der Waals surface area contributed by atoms with Crippen molar-refractivity contribution in [1.82, 2.24) is 0 Å². The maximum absolute atomic E-state index is 11.6. The number of carbonyl (C=O) groups excluding carboxylic acids is 2. The summed E-state index contributed by atoms with van der Waals surface area (Å²) in [6.07, 6.45) is -0.191. The Morgan fingerprint density at radius 2 is 2.05 bits per heavy atom. The van der Waals surface area contributed by atoms with Crippen molar-refractivity contribution in [1.29, 1.82) is 5.26 Å². The molecule has 1 fully saturated rings. The molecule has 0 aromatic rings. The van der Waals surface area contributed by atoms with Crippen LogP contribution in [0.25, 0.3) is 0 Å². The highest BCUT2D eigenvalue weighted by molar-refractivity contribution is 8.26. The van der Waals surface area contributed by atoms with Gasteiger partial charge >= 0.3 is 11.9 Å². The smallest absolute Gasteiger partial charge is 0.350 e. The van der Waals surface area contributed by atoms with E-state index in [4.69, 9.17) is 14.7 Å². The van der Waals surface area contributed by atoms with Crippen LogP contribution in [0.5, 0.6) is 0 Å². The maximum atomic E-state index is 11.6. The molecule has 6 nitrogen and oxygen atoms in total. The Morgan fingerprint density at radius 3 is 2.60 bits per heavy atom. The van der Waals surface area contributed by atoms with Gasteiger partial charge < -0.3 is 14.6 Å². The lowest BCUT2D eigenvalue weighted by Crippen LogP contribution is -2.28. The number of rotatable bonds is 5. The van der Waals surface area contributed by atoms with Crippen molar-refractivity contribution in [2.24, 2.45) is 0 Å². The monoisotopic (exact) mass is 317 g/mol. The minimum absolute atomic E-state index is 0.137. The number of carbonyl (C=O) groups is 2. The topological polar surface area (TPSA) is 96.6 Å². The molecule has 0 aromatic heterocycles. The molecule has 8 heteroatoms. The van der Waals surface area contributed by atoms with Crippen molar-refractivity contribution in [2.75, 3.05) is 19.0 Å². The quantitative estimate of drug-likeness (QED) is 0.462. The molecule has 0 aromatic carbocycles. The van der Waals surface area contributed by atoms with Crippen LogP contribution in [0.4, 0.5) is 0 Å². The number of hydrogen-bond acceptors (Lipinski definition) is 8. The van der Waals surface area contributed by atoms with Crippen molar-refractivity contribution >= 4 is 35.5 Å². The number of ether oxygens (including phenoxy) is 2. The van der Waals surface area contributed by atoms with E-state index in [-0.39, 0.29) is 31.0 Å². The molecule has 1 rings (SSSR count). The molecule has 1 atom stereocenters. The molecule has 1 aliphatic rings. The Hall–Kier alpha value is -1.17. The summed E-state index contributed by atoms with van der Waals surface area (Å²) in [5.41, 5.74) is -0.137. The number of thioether (sulfide) groups is 2. The third-order valence-electron chi connectivity index (χ3n) is 2.23. The molecular weight excluding hydrogens is 302 g/mol. The van der Waals surface area contributed by atoms with E-state index in [1.165, 1.54) is 0 Å². The summed E-state index contributed by atoms with van der Waals surface area (Å²) in [6.45, 7) is 3.73. The molecule has 20 heavy (non-hydrogen) atoms. The Labute approximate surface area is 125 Å². The van der Waals surface area contributed by atoms with Gasteiger partial charge in [-0.1, -0.05) is 11.8 Å². The number of aliphatic hydroxyl groups is 1. The first-order valence-corrected chi connectivity index (χ1v) is 7.77. The first-order valence-electron chi connectivity index (χ1n) is 5.97.